The van der Waals surface area contributed by atoms with Crippen molar-refractivity contribution >= 4 is 52.1 Å². The van der Waals surface area contributed by atoms with Gasteiger partial charge in [-0.2, -0.15) is 5.26 Å². The molecular formula is C24H30N4O4S2. The minimum Gasteiger partial charge on any atom is -0.466 e. The summed E-state index contributed by atoms with van der Waals surface area (Å²) in [5.41, 5.74) is 0.877. The van der Waals surface area contributed by atoms with Gasteiger partial charge in [-0.25, -0.2) is 0 Å². The Morgan fingerprint density at radius 3 is 2.65 bits per heavy atom. The lowest BCUT2D eigenvalue weighted by Gasteiger charge is -2.36. The molecule has 0 radical (unpaired) electrons. The van der Waals surface area contributed by atoms with Crippen molar-refractivity contribution in [3.8, 4) is 6.07 Å². The smallest absolute Gasteiger partial charge is 0.310 e. The van der Waals surface area contributed by atoms with Gasteiger partial charge in [-0.05, 0) is 51.7 Å². The van der Waals surface area contributed by atoms with Crippen molar-refractivity contribution in [3.63, 3.8) is 0 Å². The van der Waals surface area contributed by atoms with Gasteiger partial charge in [0.05, 0.1) is 17.4 Å². The number of amides is 1. The van der Waals surface area contributed by atoms with Gasteiger partial charge in [-0.3, -0.25) is 23.9 Å². The van der Waals surface area contributed by atoms with Crippen LogP contribution in [0.3, 0.4) is 0 Å². The van der Waals surface area contributed by atoms with E-state index in [0.717, 1.165) is 6.42 Å². The van der Waals surface area contributed by atoms with Gasteiger partial charge in [0.1, 0.15) is 21.8 Å². The van der Waals surface area contributed by atoms with Crippen molar-refractivity contribution in [2.75, 3.05) is 31.1 Å². The number of esters is 1. The van der Waals surface area contributed by atoms with E-state index in [4.69, 9.17) is 17.0 Å². The molecule has 1 aromatic rings. The van der Waals surface area contributed by atoms with Crippen molar-refractivity contribution in [3.05, 3.63) is 31.9 Å². The summed E-state index contributed by atoms with van der Waals surface area (Å²) in [5.74, 6) is -0.0925. The van der Waals surface area contributed by atoms with Gasteiger partial charge in [0.15, 0.2) is 0 Å². The number of piperidine rings is 1. The van der Waals surface area contributed by atoms with Crippen LogP contribution in [0, 0.1) is 24.2 Å². The van der Waals surface area contributed by atoms with Gasteiger partial charge in [-0.1, -0.05) is 30.9 Å². The first kappa shape index (κ1) is 26.0. The molecule has 1 aromatic heterocycles. The summed E-state index contributed by atoms with van der Waals surface area (Å²) >= 11 is 6.58. The molecule has 1 amide bonds. The summed E-state index contributed by atoms with van der Waals surface area (Å²) in [6.45, 7) is 9.61. The van der Waals surface area contributed by atoms with E-state index in [9.17, 15) is 19.6 Å². The molecule has 0 aliphatic carbocycles. The van der Waals surface area contributed by atoms with Crippen molar-refractivity contribution in [1.29, 1.82) is 5.26 Å². The predicted octanol–water partition coefficient (Wildman–Crippen LogP) is 3.44. The number of hydrogen-bond donors (Lipinski definition) is 0. The normalized spacial score (nSPS) is 19.6. The molecule has 1 unspecified atom stereocenters. The molecule has 2 saturated heterocycles. The third-order valence-corrected chi connectivity index (χ3v) is 7.48. The lowest BCUT2D eigenvalue weighted by Crippen LogP contribution is -2.43. The van der Waals surface area contributed by atoms with Gasteiger partial charge in [-0.15, -0.1) is 0 Å². The fourth-order valence-corrected chi connectivity index (χ4v) is 5.81. The molecule has 0 spiro atoms. The second-order valence-corrected chi connectivity index (χ2v) is 9.94. The Balaban J connectivity index is 2.21. The van der Waals surface area contributed by atoms with Gasteiger partial charge in [0.25, 0.3) is 11.5 Å². The minimum absolute atomic E-state index is 0.0633. The third kappa shape index (κ3) is 4.91. The molecule has 2 aliphatic heterocycles. The zero-order valence-corrected chi connectivity index (χ0v) is 21.7. The number of pyridine rings is 1. The Bertz CT molecular complexity index is 1140. The van der Waals surface area contributed by atoms with Crippen LogP contribution in [0.25, 0.3) is 6.08 Å². The third-order valence-electron chi connectivity index (χ3n) is 6.10. The topological polar surface area (TPSA) is 95.6 Å². The number of ether oxygens (including phenoxy) is 1. The van der Waals surface area contributed by atoms with E-state index >= 15 is 0 Å². The number of anilines is 1. The quantitative estimate of drug-likeness (QED) is 0.318. The van der Waals surface area contributed by atoms with E-state index in [1.54, 1.807) is 24.5 Å². The van der Waals surface area contributed by atoms with Gasteiger partial charge >= 0.3 is 5.97 Å². The largest absolute Gasteiger partial charge is 0.466 e. The molecule has 0 saturated carbocycles. The fraction of sp³-hybridized carbons (Fsp3) is 0.542. The summed E-state index contributed by atoms with van der Waals surface area (Å²) in [6.07, 6.45) is 3.92. The van der Waals surface area contributed by atoms with Crippen LogP contribution in [-0.2, 0) is 20.9 Å². The average molecular weight is 503 g/mol. The molecule has 0 N–H and O–H groups in total. The van der Waals surface area contributed by atoms with Gasteiger partial charge in [0.2, 0.25) is 0 Å². The molecule has 34 heavy (non-hydrogen) atoms. The van der Waals surface area contributed by atoms with Crippen LogP contribution in [0.4, 0.5) is 5.82 Å². The summed E-state index contributed by atoms with van der Waals surface area (Å²) in [7, 11) is 0. The molecule has 2 fully saturated rings. The minimum atomic E-state index is -0.353. The van der Waals surface area contributed by atoms with Crippen LogP contribution >= 0.6 is 24.0 Å². The first-order chi connectivity index (χ1) is 16.3. The molecule has 10 heteroatoms. The van der Waals surface area contributed by atoms with Crippen LogP contribution in [0.2, 0.25) is 0 Å². The Hall–Kier alpha value is -2.64. The van der Waals surface area contributed by atoms with Crippen LogP contribution in [0.5, 0.6) is 0 Å². The highest BCUT2D eigenvalue weighted by Crippen LogP contribution is 2.36. The van der Waals surface area contributed by atoms with Crippen molar-refractivity contribution in [2.24, 2.45) is 5.92 Å². The predicted molar refractivity (Wildman–Crippen MR) is 138 cm³/mol. The van der Waals surface area contributed by atoms with Crippen molar-refractivity contribution in [2.45, 2.75) is 53.5 Å². The second kappa shape index (κ2) is 11.2. The number of hydrogen-bond acceptors (Lipinski definition) is 8. The molecule has 0 aromatic carbocycles. The van der Waals surface area contributed by atoms with E-state index in [1.807, 2.05) is 18.7 Å². The van der Waals surface area contributed by atoms with Gasteiger partial charge < -0.3 is 9.64 Å². The Kier molecular flexibility index (Phi) is 8.55. The van der Waals surface area contributed by atoms with Crippen LogP contribution < -0.4 is 10.5 Å². The first-order valence-corrected chi connectivity index (χ1v) is 12.9. The summed E-state index contributed by atoms with van der Waals surface area (Å²) in [6, 6.07) is 2.06. The zero-order chi connectivity index (χ0) is 25.0. The number of likely N-dealkylation sites (N-methyl/N-ethyl adjacent to an activating group) is 1. The lowest BCUT2D eigenvalue weighted by molar-refractivity contribution is -0.148. The van der Waals surface area contributed by atoms with E-state index in [2.05, 4.69) is 6.07 Å². The van der Waals surface area contributed by atoms with E-state index in [-0.39, 0.29) is 28.9 Å². The highest BCUT2D eigenvalue weighted by atomic mass is 32.2. The highest BCUT2D eigenvalue weighted by Gasteiger charge is 2.34. The Morgan fingerprint density at radius 2 is 2.06 bits per heavy atom. The van der Waals surface area contributed by atoms with Crippen LogP contribution in [0.15, 0.2) is 9.70 Å². The summed E-state index contributed by atoms with van der Waals surface area (Å²) in [5, 5.41) is 9.77. The van der Waals surface area contributed by atoms with Crippen LogP contribution in [0.1, 0.15) is 56.7 Å². The molecule has 3 heterocycles. The zero-order valence-electron chi connectivity index (χ0n) is 20.0. The van der Waals surface area contributed by atoms with E-state index < -0.39 is 0 Å². The SMILES string of the molecule is CCCn1c(N2CCCC(C(=O)OCC)C2)c(C=C2SC(=S)N(CC)C2=O)c(C)c(C#N)c1=O. The maximum absolute atomic E-state index is 13.3. The average Bonchev–Trinajstić information content (AvgIpc) is 3.09. The molecule has 0 bridgehead atoms. The number of carbonyl (C=O) groups excluding carboxylic acids is 2. The maximum Gasteiger partial charge on any atom is 0.310 e. The molecule has 8 nitrogen and oxygen atoms in total. The second-order valence-electron chi connectivity index (χ2n) is 8.27. The first-order valence-electron chi connectivity index (χ1n) is 11.6. The molecule has 1 atom stereocenters. The van der Waals surface area contributed by atoms with Gasteiger partial charge in [0, 0.05) is 31.7 Å². The number of aromatic nitrogens is 1. The van der Waals surface area contributed by atoms with Crippen molar-refractivity contribution < 1.29 is 14.3 Å². The summed E-state index contributed by atoms with van der Waals surface area (Å²) < 4.78 is 7.36. The molecular weight excluding hydrogens is 472 g/mol. The number of thioether (sulfide) groups is 1. The van der Waals surface area contributed by atoms with Crippen molar-refractivity contribution in [1.82, 2.24) is 9.47 Å². The lowest BCUT2D eigenvalue weighted by atomic mass is 9.96. The Labute approximate surface area is 209 Å². The molecule has 182 valence electrons. The number of rotatable bonds is 7. The van der Waals surface area contributed by atoms with E-state index in [0.29, 0.717) is 71.8 Å². The molecule has 3 rings (SSSR count). The van der Waals surface area contributed by atoms with Crippen LogP contribution in [-0.4, -0.2) is 51.9 Å². The molecule has 2 aliphatic rings. The Morgan fingerprint density at radius 1 is 1.32 bits per heavy atom. The monoisotopic (exact) mass is 502 g/mol. The standard InChI is InChI=1S/C24H30N4O4S2/c1-5-10-28-20(26-11-8-9-16(14-26)23(31)32-7-3)17(15(4)18(13-25)21(28)29)12-19-22(30)27(6-2)24(33)34-19/h12,16H,5-11,14H2,1-4H3. The van der Waals surface area contributed by atoms with E-state index in [1.165, 1.54) is 16.7 Å². The number of nitrogens with zero attached hydrogens (tertiary/aromatic N) is 4. The number of carbonyl (C=O) groups is 2. The number of nitriles is 1. The maximum atomic E-state index is 13.3. The highest BCUT2D eigenvalue weighted by molar-refractivity contribution is 8.26. The number of thiocarbonyl (C=S) groups is 1. The summed E-state index contributed by atoms with van der Waals surface area (Å²) in [4.78, 5) is 42.7. The fourth-order valence-electron chi connectivity index (χ4n) is 4.44.